The van der Waals surface area contributed by atoms with Gasteiger partial charge in [0, 0.05) is 24.1 Å². The smallest absolute Gasteiger partial charge is 0.0511 e. The highest BCUT2D eigenvalue weighted by molar-refractivity contribution is 8.00. The van der Waals surface area contributed by atoms with Gasteiger partial charge < -0.3 is 5.73 Å². The lowest BCUT2D eigenvalue weighted by atomic mass is 9.67. The molecule has 0 aromatic rings. The molecule has 0 spiro atoms. The molecule has 0 atom stereocenters. The predicted octanol–water partition coefficient (Wildman–Crippen LogP) is 1.55. The van der Waals surface area contributed by atoms with Gasteiger partial charge >= 0.3 is 0 Å². The molecule has 1 aliphatic carbocycles. The van der Waals surface area contributed by atoms with Crippen LogP contribution in [0.15, 0.2) is 0 Å². The molecule has 1 heterocycles. The second-order valence-corrected chi connectivity index (χ2v) is 6.74. The first-order valence-electron chi connectivity index (χ1n) is 5.50. The minimum absolute atomic E-state index is 0.339. The third-order valence-electron chi connectivity index (χ3n) is 3.99. The number of thioether (sulfide) groups is 1. The Hall–Kier alpha value is 0.270. The van der Waals surface area contributed by atoms with Crippen LogP contribution in [-0.4, -0.2) is 41.6 Å². The fraction of sp³-hybridized carbons (Fsp3) is 1.00. The van der Waals surface area contributed by atoms with Crippen molar-refractivity contribution in [1.82, 2.24) is 4.90 Å². The fourth-order valence-electron chi connectivity index (χ4n) is 2.68. The second-order valence-electron chi connectivity index (χ2n) is 5.76. The van der Waals surface area contributed by atoms with Crippen LogP contribution in [0.1, 0.15) is 26.7 Å². The average molecular weight is 214 g/mol. The van der Waals surface area contributed by atoms with Crippen LogP contribution in [0.3, 0.4) is 0 Å². The van der Waals surface area contributed by atoms with Gasteiger partial charge in [-0.05, 0) is 25.3 Å². The van der Waals surface area contributed by atoms with Crippen molar-refractivity contribution in [2.75, 3.05) is 25.1 Å². The standard InChI is InChI=1S/C11H22N2S/c1-10(2)4-9(5-10)13(3)11(6-12)7-14-8-11/h9H,4-8,12H2,1-3H3. The molecule has 0 aromatic heterocycles. The summed E-state index contributed by atoms with van der Waals surface area (Å²) >= 11 is 2.03. The van der Waals surface area contributed by atoms with E-state index in [9.17, 15) is 0 Å². The van der Waals surface area contributed by atoms with E-state index in [1.165, 1.54) is 24.3 Å². The van der Waals surface area contributed by atoms with Crippen molar-refractivity contribution in [3.63, 3.8) is 0 Å². The Labute approximate surface area is 91.6 Å². The minimum atomic E-state index is 0.339. The first kappa shape index (κ1) is 10.8. The van der Waals surface area contributed by atoms with Gasteiger partial charge in [-0.15, -0.1) is 0 Å². The topological polar surface area (TPSA) is 29.3 Å². The molecule has 2 nitrogen and oxygen atoms in total. The zero-order chi connectivity index (χ0) is 10.4. The van der Waals surface area contributed by atoms with Gasteiger partial charge in [-0.3, -0.25) is 4.90 Å². The monoisotopic (exact) mass is 214 g/mol. The van der Waals surface area contributed by atoms with E-state index in [4.69, 9.17) is 5.73 Å². The third-order valence-corrected chi connectivity index (χ3v) is 5.48. The van der Waals surface area contributed by atoms with Crippen LogP contribution >= 0.6 is 11.8 Å². The molecule has 0 radical (unpaired) electrons. The normalized spacial score (nSPS) is 29.8. The average Bonchev–Trinajstić information content (AvgIpc) is 1.98. The van der Waals surface area contributed by atoms with Crippen molar-refractivity contribution in [3.8, 4) is 0 Å². The number of rotatable bonds is 3. The molecule has 0 bridgehead atoms. The maximum Gasteiger partial charge on any atom is 0.0511 e. The van der Waals surface area contributed by atoms with Crippen molar-refractivity contribution >= 4 is 11.8 Å². The molecule has 2 N–H and O–H groups in total. The number of nitrogens with zero attached hydrogens (tertiary/aromatic N) is 1. The SMILES string of the molecule is CN(C1CC(C)(C)C1)C1(CN)CSC1. The van der Waals surface area contributed by atoms with Gasteiger partial charge in [0.2, 0.25) is 0 Å². The molecule has 3 heteroatoms. The molecule has 0 amide bonds. The lowest BCUT2D eigenvalue weighted by molar-refractivity contribution is -0.0102. The molecule has 2 aliphatic rings. The molecule has 1 saturated carbocycles. The molecule has 0 aromatic carbocycles. The minimum Gasteiger partial charge on any atom is -0.329 e. The highest BCUT2D eigenvalue weighted by Crippen LogP contribution is 2.46. The van der Waals surface area contributed by atoms with E-state index in [2.05, 4.69) is 25.8 Å². The molecule has 2 fully saturated rings. The highest BCUT2D eigenvalue weighted by atomic mass is 32.2. The van der Waals surface area contributed by atoms with E-state index in [1.54, 1.807) is 0 Å². The molecular weight excluding hydrogens is 192 g/mol. The van der Waals surface area contributed by atoms with E-state index >= 15 is 0 Å². The van der Waals surface area contributed by atoms with Gasteiger partial charge in [-0.25, -0.2) is 0 Å². The zero-order valence-corrected chi connectivity index (χ0v) is 10.4. The van der Waals surface area contributed by atoms with Gasteiger partial charge in [0.05, 0.1) is 5.54 Å². The van der Waals surface area contributed by atoms with Crippen molar-refractivity contribution in [2.24, 2.45) is 11.1 Å². The maximum atomic E-state index is 5.90. The Morgan fingerprint density at radius 3 is 2.21 bits per heavy atom. The molecule has 14 heavy (non-hydrogen) atoms. The summed E-state index contributed by atoms with van der Waals surface area (Å²) in [4.78, 5) is 2.56. The Balaban J connectivity index is 1.92. The summed E-state index contributed by atoms with van der Waals surface area (Å²) in [6, 6.07) is 0.787. The van der Waals surface area contributed by atoms with E-state index in [0.717, 1.165) is 12.6 Å². The summed E-state index contributed by atoms with van der Waals surface area (Å²) in [5.41, 5.74) is 6.81. The summed E-state index contributed by atoms with van der Waals surface area (Å²) in [5.74, 6) is 2.47. The van der Waals surface area contributed by atoms with E-state index in [-0.39, 0.29) is 0 Å². The van der Waals surface area contributed by atoms with Crippen LogP contribution in [0, 0.1) is 5.41 Å². The van der Waals surface area contributed by atoms with Crippen LogP contribution in [0.5, 0.6) is 0 Å². The second kappa shape index (κ2) is 3.39. The lowest BCUT2D eigenvalue weighted by Crippen LogP contribution is -2.66. The molecule has 1 saturated heterocycles. The summed E-state index contributed by atoms with van der Waals surface area (Å²) in [7, 11) is 2.27. The summed E-state index contributed by atoms with van der Waals surface area (Å²) in [5, 5.41) is 0. The van der Waals surface area contributed by atoms with Crippen LogP contribution in [0.25, 0.3) is 0 Å². The van der Waals surface area contributed by atoms with E-state index < -0.39 is 0 Å². The van der Waals surface area contributed by atoms with Crippen LogP contribution in [0.2, 0.25) is 0 Å². The number of nitrogens with two attached hydrogens (primary N) is 1. The first-order chi connectivity index (χ1) is 6.49. The zero-order valence-electron chi connectivity index (χ0n) is 9.55. The molecule has 0 unspecified atom stereocenters. The fourth-order valence-corrected chi connectivity index (χ4v) is 4.00. The van der Waals surface area contributed by atoms with Gasteiger partial charge in [0.1, 0.15) is 0 Å². The van der Waals surface area contributed by atoms with E-state index in [0.29, 0.717) is 11.0 Å². The van der Waals surface area contributed by atoms with Gasteiger partial charge in [-0.2, -0.15) is 11.8 Å². The van der Waals surface area contributed by atoms with Crippen LogP contribution < -0.4 is 5.73 Å². The maximum absolute atomic E-state index is 5.90. The Kier molecular flexibility index (Phi) is 2.61. The number of likely N-dealkylation sites (N-methyl/N-ethyl adjacent to an activating group) is 1. The molecule has 2 rings (SSSR count). The number of hydrogen-bond acceptors (Lipinski definition) is 3. The number of hydrogen-bond donors (Lipinski definition) is 1. The summed E-state index contributed by atoms with van der Waals surface area (Å²) in [6.45, 7) is 5.55. The third kappa shape index (κ3) is 1.59. The van der Waals surface area contributed by atoms with Crippen LogP contribution in [0.4, 0.5) is 0 Å². The van der Waals surface area contributed by atoms with Gasteiger partial charge in [0.25, 0.3) is 0 Å². The summed E-state index contributed by atoms with van der Waals surface area (Å²) in [6.07, 6.45) is 2.69. The highest BCUT2D eigenvalue weighted by Gasteiger charge is 2.48. The Bertz CT molecular complexity index is 210. The predicted molar refractivity (Wildman–Crippen MR) is 63.7 cm³/mol. The van der Waals surface area contributed by atoms with Crippen molar-refractivity contribution in [3.05, 3.63) is 0 Å². The quantitative estimate of drug-likeness (QED) is 0.773. The van der Waals surface area contributed by atoms with Gasteiger partial charge in [0.15, 0.2) is 0 Å². The Morgan fingerprint density at radius 1 is 1.36 bits per heavy atom. The molecular formula is C11H22N2S. The van der Waals surface area contributed by atoms with Crippen LogP contribution in [-0.2, 0) is 0 Å². The van der Waals surface area contributed by atoms with Crippen molar-refractivity contribution < 1.29 is 0 Å². The Morgan fingerprint density at radius 2 is 1.93 bits per heavy atom. The molecule has 82 valence electrons. The first-order valence-corrected chi connectivity index (χ1v) is 6.65. The van der Waals surface area contributed by atoms with Gasteiger partial charge in [-0.1, -0.05) is 13.8 Å². The van der Waals surface area contributed by atoms with E-state index in [1.807, 2.05) is 11.8 Å². The lowest BCUT2D eigenvalue weighted by Gasteiger charge is -2.56. The van der Waals surface area contributed by atoms with Crippen molar-refractivity contribution in [1.29, 1.82) is 0 Å². The summed E-state index contributed by atoms with van der Waals surface area (Å²) < 4.78 is 0. The van der Waals surface area contributed by atoms with Crippen molar-refractivity contribution in [2.45, 2.75) is 38.3 Å². The molecule has 1 aliphatic heterocycles. The largest absolute Gasteiger partial charge is 0.329 e.